The normalized spacial score (nSPS) is 18.1. The maximum atomic E-state index is 12.8. The maximum absolute atomic E-state index is 12.8. The zero-order valence-corrected chi connectivity index (χ0v) is 13.0. The van der Waals surface area contributed by atoms with Crippen LogP contribution in [-0.2, 0) is 10.5 Å². The first-order chi connectivity index (χ1) is 9.46. The van der Waals surface area contributed by atoms with Gasteiger partial charge in [0.05, 0.1) is 5.75 Å². The lowest BCUT2D eigenvalue weighted by molar-refractivity contribution is -0.131. The minimum Gasteiger partial charge on any atom is -0.341 e. The molecule has 0 aliphatic carbocycles. The monoisotopic (exact) mass is 295 g/mol. The fraction of sp³-hybridized carbons (Fsp3) is 0.562. The molecule has 110 valence electrons. The molecule has 0 spiro atoms. The van der Waals surface area contributed by atoms with Crippen molar-refractivity contribution >= 4 is 17.7 Å². The van der Waals surface area contributed by atoms with Crippen molar-refractivity contribution in [1.29, 1.82) is 0 Å². The number of carbonyl (C=O) groups is 1. The number of nitrogens with zero attached hydrogens (tertiary/aromatic N) is 1. The molecule has 1 aliphatic rings. The zero-order valence-electron chi connectivity index (χ0n) is 12.2. The average molecular weight is 295 g/mol. The highest BCUT2D eigenvalue weighted by Gasteiger charge is 2.28. The molecule has 2 rings (SSSR count). The molecule has 2 nitrogen and oxygen atoms in total. The smallest absolute Gasteiger partial charge is 0.232 e. The van der Waals surface area contributed by atoms with Crippen LogP contribution in [0.1, 0.15) is 32.3 Å². The number of amides is 1. The number of benzene rings is 1. The van der Waals surface area contributed by atoms with Gasteiger partial charge in [0.25, 0.3) is 0 Å². The zero-order chi connectivity index (χ0) is 14.6. The van der Waals surface area contributed by atoms with Crippen LogP contribution in [0.2, 0.25) is 0 Å². The fourth-order valence-corrected chi connectivity index (χ4v) is 3.45. The molecule has 1 aliphatic heterocycles. The summed E-state index contributed by atoms with van der Waals surface area (Å²) in [4.78, 5) is 14.2. The molecule has 0 unspecified atom stereocenters. The molecule has 0 bridgehead atoms. The quantitative estimate of drug-likeness (QED) is 0.844. The topological polar surface area (TPSA) is 20.3 Å². The molecule has 0 radical (unpaired) electrons. The van der Waals surface area contributed by atoms with Crippen LogP contribution in [0.15, 0.2) is 24.3 Å². The van der Waals surface area contributed by atoms with Crippen molar-refractivity contribution in [2.75, 3.05) is 18.8 Å². The summed E-state index contributed by atoms with van der Waals surface area (Å²) >= 11 is 1.60. The number of halogens is 1. The highest BCUT2D eigenvalue weighted by Crippen LogP contribution is 2.28. The third kappa shape index (κ3) is 4.51. The van der Waals surface area contributed by atoms with Gasteiger partial charge in [0, 0.05) is 18.8 Å². The van der Waals surface area contributed by atoms with Crippen LogP contribution >= 0.6 is 11.8 Å². The number of hydrogen-bond acceptors (Lipinski definition) is 2. The Hall–Kier alpha value is -1.03. The maximum Gasteiger partial charge on any atom is 0.232 e. The Morgan fingerprint density at radius 1 is 1.35 bits per heavy atom. The molecule has 1 aromatic rings. The Bertz CT molecular complexity index is 458. The summed E-state index contributed by atoms with van der Waals surface area (Å²) in [5, 5.41) is 0. The van der Waals surface area contributed by atoms with Crippen LogP contribution in [0.5, 0.6) is 0 Å². The number of likely N-dealkylation sites (tertiary alicyclic amines) is 1. The van der Waals surface area contributed by atoms with Gasteiger partial charge in [-0.1, -0.05) is 26.0 Å². The van der Waals surface area contributed by atoms with Crippen LogP contribution in [-0.4, -0.2) is 29.6 Å². The van der Waals surface area contributed by atoms with E-state index in [-0.39, 0.29) is 17.1 Å². The lowest BCUT2D eigenvalue weighted by atomic mass is 9.84. The van der Waals surface area contributed by atoms with Crippen LogP contribution in [0.25, 0.3) is 0 Å². The minimum absolute atomic E-state index is 0.217. The Kier molecular flexibility index (Phi) is 5.08. The number of rotatable bonds is 4. The molecule has 0 N–H and O–H groups in total. The molecular formula is C16H22FNOS. The average Bonchev–Trinajstić information content (AvgIpc) is 2.40. The Balaban J connectivity index is 1.76. The SMILES string of the molecule is CC1(C)CCCN(C(=O)CSCc2ccc(F)cc2)C1. The molecule has 1 fully saturated rings. The Morgan fingerprint density at radius 3 is 2.70 bits per heavy atom. The molecule has 0 atom stereocenters. The summed E-state index contributed by atoms with van der Waals surface area (Å²) in [5.74, 6) is 1.27. The molecule has 1 saturated heterocycles. The summed E-state index contributed by atoms with van der Waals surface area (Å²) < 4.78 is 12.8. The van der Waals surface area contributed by atoms with E-state index in [9.17, 15) is 9.18 Å². The second-order valence-corrected chi connectivity index (χ2v) is 7.19. The minimum atomic E-state index is -0.217. The van der Waals surface area contributed by atoms with E-state index in [1.165, 1.54) is 18.6 Å². The van der Waals surface area contributed by atoms with Crippen LogP contribution in [0, 0.1) is 11.2 Å². The standard InChI is InChI=1S/C16H22FNOS/c1-16(2)8-3-9-18(12-16)15(19)11-20-10-13-4-6-14(17)7-5-13/h4-7H,3,8-12H2,1-2H3. The van der Waals surface area contributed by atoms with E-state index in [0.29, 0.717) is 5.75 Å². The summed E-state index contributed by atoms with van der Waals surface area (Å²) in [6.45, 7) is 6.19. The van der Waals surface area contributed by atoms with Crippen LogP contribution in [0.3, 0.4) is 0 Å². The van der Waals surface area contributed by atoms with Crippen LogP contribution < -0.4 is 0 Å². The molecule has 4 heteroatoms. The van der Waals surface area contributed by atoms with Gasteiger partial charge in [0.15, 0.2) is 0 Å². The number of carbonyl (C=O) groups excluding carboxylic acids is 1. The van der Waals surface area contributed by atoms with E-state index in [1.54, 1.807) is 23.9 Å². The van der Waals surface area contributed by atoms with Gasteiger partial charge in [-0.25, -0.2) is 4.39 Å². The molecule has 1 heterocycles. The largest absolute Gasteiger partial charge is 0.341 e. The van der Waals surface area contributed by atoms with E-state index in [2.05, 4.69) is 13.8 Å². The van der Waals surface area contributed by atoms with Crippen molar-refractivity contribution in [2.45, 2.75) is 32.4 Å². The van der Waals surface area contributed by atoms with Gasteiger partial charge in [-0.2, -0.15) is 0 Å². The van der Waals surface area contributed by atoms with Gasteiger partial charge in [0.1, 0.15) is 5.82 Å². The third-order valence-electron chi connectivity index (χ3n) is 3.66. The first-order valence-corrected chi connectivity index (χ1v) is 8.22. The van der Waals surface area contributed by atoms with Gasteiger partial charge in [-0.05, 0) is 36.0 Å². The molecule has 0 aromatic heterocycles. The number of thioether (sulfide) groups is 1. The van der Waals surface area contributed by atoms with Gasteiger partial charge in [-0.3, -0.25) is 4.79 Å². The third-order valence-corrected chi connectivity index (χ3v) is 4.65. The van der Waals surface area contributed by atoms with Crippen molar-refractivity contribution in [3.05, 3.63) is 35.6 Å². The van der Waals surface area contributed by atoms with Crippen molar-refractivity contribution in [2.24, 2.45) is 5.41 Å². The van der Waals surface area contributed by atoms with E-state index in [4.69, 9.17) is 0 Å². The molecule has 1 amide bonds. The van der Waals surface area contributed by atoms with E-state index in [1.807, 2.05) is 4.90 Å². The lowest BCUT2D eigenvalue weighted by Crippen LogP contribution is -2.44. The number of piperidine rings is 1. The second kappa shape index (κ2) is 6.61. The van der Waals surface area contributed by atoms with Crippen LogP contribution in [0.4, 0.5) is 4.39 Å². The lowest BCUT2D eigenvalue weighted by Gasteiger charge is -2.38. The Morgan fingerprint density at radius 2 is 2.05 bits per heavy atom. The van der Waals surface area contributed by atoms with Gasteiger partial charge < -0.3 is 4.90 Å². The summed E-state index contributed by atoms with van der Waals surface area (Å²) in [6, 6.07) is 6.48. The predicted octanol–water partition coefficient (Wildman–Crippen LogP) is 3.71. The fourth-order valence-electron chi connectivity index (χ4n) is 2.56. The summed E-state index contributed by atoms with van der Waals surface area (Å²) in [6.07, 6.45) is 2.29. The number of hydrogen-bond donors (Lipinski definition) is 0. The van der Waals surface area contributed by atoms with Gasteiger partial charge >= 0.3 is 0 Å². The molecule has 0 saturated carbocycles. The highest BCUT2D eigenvalue weighted by molar-refractivity contribution is 7.99. The molecule has 20 heavy (non-hydrogen) atoms. The van der Waals surface area contributed by atoms with E-state index < -0.39 is 0 Å². The molecular weight excluding hydrogens is 273 g/mol. The van der Waals surface area contributed by atoms with E-state index in [0.717, 1.165) is 30.8 Å². The summed E-state index contributed by atoms with van der Waals surface area (Å²) in [7, 11) is 0. The highest BCUT2D eigenvalue weighted by atomic mass is 32.2. The van der Waals surface area contributed by atoms with E-state index >= 15 is 0 Å². The first kappa shape index (κ1) is 15.4. The second-order valence-electron chi connectivity index (χ2n) is 6.20. The predicted molar refractivity (Wildman–Crippen MR) is 82.2 cm³/mol. The van der Waals surface area contributed by atoms with Gasteiger partial charge in [-0.15, -0.1) is 11.8 Å². The van der Waals surface area contributed by atoms with Gasteiger partial charge in [0.2, 0.25) is 5.91 Å². The van der Waals surface area contributed by atoms with Crippen molar-refractivity contribution in [1.82, 2.24) is 4.90 Å². The molecule has 1 aromatic carbocycles. The Labute approximate surface area is 124 Å². The van der Waals surface area contributed by atoms with Crippen molar-refractivity contribution in [3.8, 4) is 0 Å². The van der Waals surface area contributed by atoms with Crippen molar-refractivity contribution < 1.29 is 9.18 Å². The first-order valence-electron chi connectivity index (χ1n) is 7.06. The summed E-state index contributed by atoms with van der Waals surface area (Å²) in [5.41, 5.74) is 1.30. The van der Waals surface area contributed by atoms with Crippen molar-refractivity contribution in [3.63, 3.8) is 0 Å².